The Hall–Kier alpha value is -2.56. The van der Waals surface area contributed by atoms with Crippen molar-refractivity contribution in [2.24, 2.45) is 17.3 Å². The molecule has 1 saturated carbocycles. The number of unbranched alkanes of at least 4 members (excludes halogenated alkanes) is 7. The largest absolute Gasteiger partial charge is 0.394 e. The lowest BCUT2D eigenvalue weighted by Crippen LogP contribution is -2.47. The molecule has 418 valence electrons. The topological polar surface area (TPSA) is 284 Å². The van der Waals surface area contributed by atoms with Crippen LogP contribution in [-0.4, -0.2) is 183 Å². The fourth-order valence-electron chi connectivity index (χ4n) is 8.69. The highest BCUT2D eigenvalue weighted by Gasteiger charge is 2.32. The second-order valence-electron chi connectivity index (χ2n) is 21.1. The number of aliphatic hydroxyl groups excluding tert-OH is 6. The fourth-order valence-corrected chi connectivity index (χ4v) is 8.69. The smallest absolute Gasteiger partial charge is 0.242 e. The summed E-state index contributed by atoms with van der Waals surface area (Å²) in [5.74, 6) is 0.548. The maximum absolute atomic E-state index is 13.4. The van der Waals surface area contributed by atoms with Crippen LogP contribution < -0.4 is 21.3 Å². The summed E-state index contributed by atoms with van der Waals surface area (Å²) in [6.07, 6.45) is 7.31. The molecule has 0 radical (unpaired) electrons. The van der Waals surface area contributed by atoms with E-state index in [9.17, 15) is 49.8 Å². The van der Waals surface area contributed by atoms with Gasteiger partial charge in [-0.2, -0.15) is 0 Å². The molecule has 8 atom stereocenters. The molecule has 8 unspecified atom stereocenters. The summed E-state index contributed by atoms with van der Waals surface area (Å²) in [5, 5.41) is 70.5. The van der Waals surface area contributed by atoms with Crippen molar-refractivity contribution in [2.45, 2.75) is 211 Å². The standard InChI is InChI=1S/C52H100N4O15/c1-38-23-25-52(5,26-24-38)71-34-39(2)31-51(3,4)37-55-46(62)21-11-8-15-28-54-50(66)40(56-47(63)22-13-10-18-30-70-36-42(60)49(65)44(33-58)68-7)19-14-16-27-53-45(61)20-12-9-17-29-69-35-41(59)48(64)43(32-57)67-6/h38-44,48-49,57-60,64-65H,8-37H2,1-7H3,(H,53,61)(H,54,66)(H,55,62)(H,56,63). The quantitative estimate of drug-likeness (QED) is 0.0393. The van der Waals surface area contributed by atoms with Crippen LogP contribution in [0.4, 0.5) is 0 Å². The Balaban J connectivity index is 2.47. The number of aliphatic hydroxyl groups is 6. The van der Waals surface area contributed by atoms with E-state index in [1.807, 2.05) is 0 Å². The molecule has 1 rings (SSSR count). The van der Waals surface area contributed by atoms with Crippen LogP contribution in [0.3, 0.4) is 0 Å². The molecule has 1 aliphatic rings. The van der Waals surface area contributed by atoms with E-state index in [2.05, 4.69) is 55.9 Å². The third-order valence-electron chi connectivity index (χ3n) is 13.5. The Morgan fingerprint density at radius 2 is 1.13 bits per heavy atom. The normalized spacial score (nSPS) is 19.7. The first-order chi connectivity index (χ1) is 33.8. The van der Waals surface area contributed by atoms with Gasteiger partial charge < -0.3 is 75.6 Å². The molecule has 1 aliphatic carbocycles. The summed E-state index contributed by atoms with van der Waals surface area (Å²) in [5.41, 5.74) is -0.0914. The zero-order chi connectivity index (χ0) is 53.1. The van der Waals surface area contributed by atoms with Gasteiger partial charge in [-0.25, -0.2) is 0 Å². The second-order valence-corrected chi connectivity index (χ2v) is 21.1. The summed E-state index contributed by atoms with van der Waals surface area (Å²) in [6, 6.07) is -0.755. The first-order valence-electron chi connectivity index (χ1n) is 26.7. The Kier molecular flexibility index (Phi) is 36.4. The summed E-state index contributed by atoms with van der Waals surface area (Å²) in [7, 11) is 2.66. The number of amides is 4. The van der Waals surface area contributed by atoms with E-state index >= 15 is 0 Å². The summed E-state index contributed by atoms with van der Waals surface area (Å²) in [4.78, 5) is 51.6. The molecule has 19 nitrogen and oxygen atoms in total. The molecule has 4 amide bonds. The molecule has 10 N–H and O–H groups in total. The molecule has 19 heteroatoms. The van der Waals surface area contributed by atoms with Crippen LogP contribution in [0.5, 0.6) is 0 Å². The third-order valence-corrected chi connectivity index (χ3v) is 13.5. The highest BCUT2D eigenvalue weighted by Crippen LogP contribution is 2.35. The van der Waals surface area contributed by atoms with E-state index in [0.717, 1.165) is 44.6 Å². The number of hydrogen-bond donors (Lipinski definition) is 10. The minimum absolute atomic E-state index is 0.0183. The summed E-state index contributed by atoms with van der Waals surface area (Å²) in [6.45, 7) is 12.8. The van der Waals surface area contributed by atoms with Crippen molar-refractivity contribution in [1.29, 1.82) is 0 Å². The van der Waals surface area contributed by atoms with Gasteiger partial charge in [0.1, 0.15) is 42.7 Å². The van der Waals surface area contributed by atoms with Crippen LogP contribution in [0, 0.1) is 17.3 Å². The van der Waals surface area contributed by atoms with Crippen LogP contribution in [0.15, 0.2) is 0 Å². The molecule has 71 heavy (non-hydrogen) atoms. The number of carbonyl (C=O) groups is 4. The highest BCUT2D eigenvalue weighted by atomic mass is 16.5. The zero-order valence-electron chi connectivity index (χ0n) is 44.8. The number of methoxy groups -OCH3 is 2. The maximum Gasteiger partial charge on any atom is 0.242 e. The molecular formula is C52H100N4O15. The Bertz CT molecular complexity index is 1400. The number of rotatable bonds is 44. The predicted octanol–water partition coefficient (Wildman–Crippen LogP) is 3.20. The van der Waals surface area contributed by atoms with Gasteiger partial charge in [0.05, 0.1) is 32.0 Å². The number of nitrogens with one attached hydrogen (secondary N) is 4. The van der Waals surface area contributed by atoms with Crippen LogP contribution in [0.25, 0.3) is 0 Å². The van der Waals surface area contributed by atoms with Gasteiger partial charge in [0.2, 0.25) is 23.6 Å². The zero-order valence-corrected chi connectivity index (χ0v) is 44.8. The van der Waals surface area contributed by atoms with Gasteiger partial charge in [0.15, 0.2) is 0 Å². The van der Waals surface area contributed by atoms with Crippen molar-refractivity contribution >= 4 is 23.6 Å². The van der Waals surface area contributed by atoms with E-state index in [-0.39, 0.29) is 54.3 Å². The Morgan fingerprint density at radius 3 is 1.65 bits per heavy atom. The SMILES string of the molecule is COC(CO)C(O)C(O)COCCCCCC(=O)NCCCCC(NC(=O)CCCCCOCC(O)C(O)C(CO)OC)C(=O)NCCCCCC(=O)NCC(C)(C)CC(C)COC1(C)CCC(C)CC1. The van der Waals surface area contributed by atoms with Crippen molar-refractivity contribution in [2.75, 3.05) is 80.1 Å². The molecule has 0 saturated heterocycles. The fraction of sp³-hybridized carbons (Fsp3) is 0.923. The third kappa shape index (κ3) is 31.7. The molecular weight excluding hydrogens is 921 g/mol. The molecule has 0 aromatic rings. The molecule has 0 bridgehead atoms. The number of ether oxygens (including phenoxy) is 5. The lowest BCUT2D eigenvalue weighted by molar-refractivity contribution is -0.129. The van der Waals surface area contributed by atoms with Crippen LogP contribution in [0.1, 0.15) is 163 Å². The lowest BCUT2D eigenvalue weighted by Gasteiger charge is -2.38. The van der Waals surface area contributed by atoms with Crippen LogP contribution >= 0.6 is 0 Å². The van der Waals surface area contributed by atoms with Gasteiger partial charge in [-0.05, 0) is 114 Å². The van der Waals surface area contributed by atoms with Gasteiger partial charge in [-0.3, -0.25) is 19.2 Å². The average molecular weight is 1020 g/mol. The molecule has 0 aliphatic heterocycles. The highest BCUT2D eigenvalue weighted by molar-refractivity contribution is 5.87. The molecule has 0 heterocycles. The van der Waals surface area contributed by atoms with E-state index in [0.29, 0.717) is 116 Å². The van der Waals surface area contributed by atoms with Gasteiger partial charge in [-0.15, -0.1) is 0 Å². The molecule has 0 aromatic heterocycles. The second kappa shape index (κ2) is 38.9. The van der Waals surface area contributed by atoms with E-state index in [4.69, 9.17) is 23.7 Å². The van der Waals surface area contributed by atoms with Gasteiger partial charge in [0, 0.05) is 72.9 Å². The molecule has 0 spiro atoms. The van der Waals surface area contributed by atoms with E-state index in [1.165, 1.54) is 27.1 Å². The van der Waals surface area contributed by atoms with Crippen molar-refractivity contribution in [3.63, 3.8) is 0 Å². The molecule has 1 fully saturated rings. The monoisotopic (exact) mass is 1020 g/mol. The summed E-state index contributed by atoms with van der Waals surface area (Å²) < 4.78 is 27.2. The van der Waals surface area contributed by atoms with Gasteiger partial charge in [-0.1, -0.05) is 47.0 Å². The van der Waals surface area contributed by atoms with Crippen LogP contribution in [0.2, 0.25) is 0 Å². The predicted molar refractivity (Wildman–Crippen MR) is 271 cm³/mol. The van der Waals surface area contributed by atoms with Crippen molar-refractivity contribution in [1.82, 2.24) is 21.3 Å². The van der Waals surface area contributed by atoms with Crippen LogP contribution in [-0.2, 0) is 42.9 Å². The van der Waals surface area contributed by atoms with Crippen molar-refractivity contribution in [3.05, 3.63) is 0 Å². The Labute approximate surface area is 426 Å². The maximum atomic E-state index is 13.4. The minimum atomic E-state index is -1.29. The number of hydrogen-bond acceptors (Lipinski definition) is 15. The van der Waals surface area contributed by atoms with Gasteiger partial charge >= 0.3 is 0 Å². The van der Waals surface area contributed by atoms with Crippen molar-refractivity contribution < 1.29 is 73.5 Å². The first-order valence-corrected chi connectivity index (χ1v) is 26.7. The van der Waals surface area contributed by atoms with E-state index < -0.39 is 55.9 Å². The van der Waals surface area contributed by atoms with Gasteiger partial charge in [0.25, 0.3) is 0 Å². The van der Waals surface area contributed by atoms with Crippen molar-refractivity contribution in [3.8, 4) is 0 Å². The lowest BCUT2D eigenvalue weighted by atomic mass is 9.80. The Morgan fingerprint density at radius 1 is 0.648 bits per heavy atom. The minimum Gasteiger partial charge on any atom is -0.394 e. The number of carbonyl (C=O) groups excluding carboxylic acids is 4. The first kappa shape index (κ1) is 66.5. The average Bonchev–Trinajstić information content (AvgIpc) is 3.34. The van der Waals surface area contributed by atoms with E-state index in [1.54, 1.807) is 0 Å². The summed E-state index contributed by atoms with van der Waals surface area (Å²) >= 11 is 0. The molecule has 0 aromatic carbocycles.